The van der Waals surface area contributed by atoms with E-state index < -0.39 is 0 Å². The molecule has 0 aromatic carbocycles. The minimum Gasteiger partial charge on any atom is -0.0956 e. The Bertz CT molecular complexity index is 239. The maximum atomic E-state index is 4.07. The summed E-state index contributed by atoms with van der Waals surface area (Å²) in [5, 5.41) is 0. The van der Waals surface area contributed by atoms with Gasteiger partial charge in [-0.05, 0) is 44.8 Å². The van der Waals surface area contributed by atoms with Crippen molar-refractivity contribution in [1.82, 2.24) is 0 Å². The van der Waals surface area contributed by atoms with Crippen molar-refractivity contribution in [1.29, 1.82) is 0 Å². The molecule has 0 aromatic heterocycles. The lowest BCUT2D eigenvalue weighted by atomic mass is 9.94. The molecular formula is C13H22. The molecule has 0 aliphatic rings. The topological polar surface area (TPSA) is 0 Å². The quantitative estimate of drug-likeness (QED) is 0.550. The fourth-order valence-electron chi connectivity index (χ4n) is 1.49. The summed E-state index contributed by atoms with van der Waals surface area (Å²) >= 11 is 0. The molecule has 0 aliphatic heterocycles. The lowest BCUT2D eigenvalue weighted by molar-refractivity contribution is 1.03. The highest BCUT2D eigenvalue weighted by molar-refractivity contribution is 5.41. The fraction of sp³-hybridized carbons (Fsp3) is 0.538. The van der Waals surface area contributed by atoms with Gasteiger partial charge >= 0.3 is 0 Å². The van der Waals surface area contributed by atoms with Crippen LogP contribution < -0.4 is 0 Å². The first-order chi connectivity index (χ1) is 6.08. The molecule has 0 saturated heterocycles. The van der Waals surface area contributed by atoms with Crippen molar-refractivity contribution >= 4 is 0 Å². The SMILES string of the molecule is C=C(CC)/C(C)=C(CC)\C(C)=C/C. The lowest BCUT2D eigenvalue weighted by Crippen LogP contribution is -1.92. The summed E-state index contributed by atoms with van der Waals surface area (Å²) in [5.41, 5.74) is 5.47. The zero-order valence-electron chi connectivity index (χ0n) is 9.70. The standard InChI is InChI=1S/C13H22/c1-7-10(4)12(6)13(9-3)11(5)8-2/h8H,4,7,9H2,1-3,5-6H3/b11-8-,13-12-. The molecule has 0 spiro atoms. The van der Waals surface area contributed by atoms with Gasteiger partial charge in [-0.3, -0.25) is 0 Å². The Kier molecular flexibility index (Phi) is 5.45. The van der Waals surface area contributed by atoms with Gasteiger partial charge < -0.3 is 0 Å². The van der Waals surface area contributed by atoms with E-state index in [0.717, 1.165) is 12.8 Å². The van der Waals surface area contributed by atoms with Crippen molar-refractivity contribution in [2.24, 2.45) is 0 Å². The van der Waals surface area contributed by atoms with Crippen LogP contribution in [0.2, 0.25) is 0 Å². The highest BCUT2D eigenvalue weighted by Crippen LogP contribution is 2.23. The van der Waals surface area contributed by atoms with E-state index in [2.05, 4.69) is 47.3 Å². The molecule has 0 saturated carbocycles. The Balaban J connectivity index is 5.01. The van der Waals surface area contributed by atoms with E-state index in [1.165, 1.54) is 22.3 Å². The first-order valence-corrected chi connectivity index (χ1v) is 5.09. The second-order valence-electron chi connectivity index (χ2n) is 3.39. The summed E-state index contributed by atoms with van der Waals surface area (Å²) in [6.07, 6.45) is 4.32. The predicted molar refractivity (Wildman–Crippen MR) is 61.9 cm³/mol. The highest BCUT2D eigenvalue weighted by atomic mass is 14.1. The van der Waals surface area contributed by atoms with Crippen LogP contribution in [0.5, 0.6) is 0 Å². The van der Waals surface area contributed by atoms with Crippen molar-refractivity contribution in [3.8, 4) is 0 Å². The van der Waals surface area contributed by atoms with Gasteiger partial charge in [-0.15, -0.1) is 0 Å². The minimum atomic E-state index is 1.05. The van der Waals surface area contributed by atoms with Crippen LogP contribution in [0, 0.1) is 0 Å². The Morgan fingerprint density at radius 2 is 1.69 bits per heavy atom. The number of rotatable bonds is 4. The molecule has 13 heavy (non-hydrogen) atoms. The fourth-order valence-corrected chi connectivity index (χ4v) is 1.49. The second-order valence-corrected chi connectivity index (χ2v) is 3.39. The van der Waals surface area contributed by atoms with Gasteiger partial charge in [0.2, 0.25) is 0 Å². The van der Waals surface area contributed by atoms with Gasteiger partial charge in [0.15, 0.2) is 0 Å². The number of hydrogen-bond donors (Lipinski definition) is 0. The molecule has 0 unspecified atom stereocenters. The smallest absolute Gasteiger partial charge is 0.0302 e. The molecule has 0 atom stereocenters. The molecule has 0 nitrogen and oxygen atoms in total. The first-order valence-electron chi connectivity index (χ1n) is 5.09. The first kappa shape index (κ1) is 12.2. The summed E-state index contributed by atoms with van der Waals surface area (Å²) in [7, 11) is 0. The molecule has 0 amide bonds. The van der Waals surface area contributed by atoms with Crippen LogP contribution in [0.25, 0.3) is 0 Å². The van der Waals surface area contributed by atoms with Gasteiger partial charge in [0.1, 0.15) is 0 Å². The van der Waals surface area contributed by atoms with Crippen molar-refractivity contribution in [3.05, 3.63) is 34.9 Å². The van der Waals surface area contributed by atoms with E-state index in [-0.39, 0.29) is 0 Å². The minimum absolute atomic E-state index is 1.05. The Morgan fingerprint density at radius 3 is 2.00 bits per heavy atom. The second kappa shape index (κ2) is 5.80. The van der Waals surface area contributed by atoms with Crippen molar-refractivity contribution in [3.63, 3.8) is 0 Å². The summed E-state index contributed by atoms with van der Waals surface area (Å²) in [5.74, 6) is 0. The molecule has 74 valence electrons. The maximum absolute atomic E-state index is 4.07. The van der Waals surface area contributed by atoms with Gasteiger partial charge in [-0.2, -0.15) is 0 Å². The molecule has 0 heterocycles. The average molecular weight is 178 g/mol. The van der Waals surface area contributed by atoms with Crippen LogP contribution in [0.1, 0.15) is 47.5 Å². The van der Waals surface area contributed by atoms with Gasteiger partial charge in [0.05, 0.1) is 0 Å². The summed E-state index contributed by atoms with van der Waals surface area (Å²) < 4.78 is 0. The zero-order valence-corrected chi connectivity index (χ0v) is 9.70. The molecule has 0 heteroatoms. The van der Waals surface area contributed by atoms with Gasteiger partial charge in [0, 0.05) is 0 Å². The van der Waals surface area contributed by atoms with Crippen LogP contribution in [0.3, 0.4) is 0 Å². The van der Waals surface area contributed by atoms with Crippen LogP contribution in [-0.2, 0) is 0 Å². The summed E-state index contributed by atoms with van der Waals surface area (Å²) in [6, 6.07) is 0. The molecule has 0 radical (unpaired) electrons. The Hall–Kier alpha value is -0.780. The van der Waals surface area contributed by atoms with Gasteiger partial charge in [-0.1, -0.05) is 37.6 Å². The maximum Gasteiger partial charge on any atom is -0.0302 e. The number of hydrogen-bond acceptors (Lipinski definition) is 0. The monoisotopic (exact) mass is 178 g/mol. The average Bonchev–Trinajstić information content (AvgIpc) is 2.17. The largest absolute Gasteiger partial charge is 0.0956 e. The van der Waals surface area contributed by atoms with E-state index in [4.69, 9.17) is 0 Å². The molecule has 0 bridgehead atoms. The lowest BCUT2D eigenvalue weighted by Gasteiger charge is -2.12. The van der Waals surface area contributed by atoms with Crippen LogP contribution in [-0.4, -0.2) is 0 Å². The van der Waals surface area contributed by atoms with E-state index in [1.54, 1.807) is 0 Å². The highest BCUT2D eigenvalue weighted by Gasteiger charge is 2.03. The van der Waals surface area contributed by atoms with Crippen molar-refractivity contribution in [2.45, 2.75) is 47.5 Å². The van der Waals surface area contributed by atoms with E-state index in [9.17, 15) is 0 Å². The Morgan fingerprint density at radius 1 is 1.15 bits per heavy atom. The summed E-state index contributed by atoms with van der Waals surface area (Å²) in [6.45, 7) is 14.9. The Labute approximate surface area is 83.0 Å². The molecule has 0 fully saturated rings. The van der Waals surface area contributed by atoms with E-state index in [0.29, 0.717) is 0 Å². The summed E-state index contributed by atoms with van der Waals surface area (Å²) in [4.78, 5) is 0. The molecule has 0 rings (SSSR count). The van der Waals surface area contributed by atoms with Gasteiger partial charge in [0.25, 0.3) is 0 Å². The third-order valence-corrected chi connectivity index (χ3v) is 2.67. The zero-order chi connectivity index (χ0) is 10.4. The van der Waals surface area contributed by atoms with Crippen molar-refractivity contribution < 1.29 is 0 Å². The van der Waals surface area contributed by atoms with E-state index >= 15 is 0 Å². The molecule has 0 aromatic rings. The van der Waals surface area contributed by atoms with Crippen LogP contribution in [0.15, 0.2) is 34.9 Å². The third kappa shape index (κ3) is 3.22. The van der Waals surface area contributed by atoms with E-state index in [1.807, 2.05) is 0 Å². The number of allylic oxidation sites excluding steroid dienone is 5. The molecule has 0 aliphatic carbocycles. The van der Waals surface area contributed by atoms with Crippen LogP contribution >= 0.6 is 0 Å². The van der Waals surface area contributed by atoms with Crippen molar-refractivity contribution in [2.75, 3.05) is 0 Å². The third-order valence-electron chi connectivity index (χ3n) is 2.67. The van der Waals surface area contributed by atoms with Gasteiger partial charge in [-0.25, -0.2) is 0 Å². The van der Waals surface area contributed by atoms with Crippen LogP contribution in [0.4, 0.5) is 0 Å². The molecular weight excluding hydrogens is 156 g/mol. The predicted octanol–water partition coefficient (Wildman–Crippen LogP) is 4.65. The normalized spacial score (nSPS) is 14.1. The molecule has 0 N–H and O–H groups in total.